The van der Waals surface area contributed by atoms with Gasteiger partial charge < -0.3 is 15.1 Å². The van der Waals surface area contributed by atoms with Gasteiger partial charge in [0.05, 0.1) is 33.2 Å². The molecule has 0 bridgehead atoms. The number of pyridine rings is 1. The molecule has 3 rings (SSSR count). The highest BCUT2D eigenvalue weighted by atomic mass is 35.5. The highest BCUT2D eigenvalue weighted by Crippen LogP contribution is 2.30. The fourth-order valence-corrected chi connectivity index (χ4v) is 3.08. The first-order valence-corrected chi connectivity index (χ1v) is 8.44. The van der Waals surface area contributed by atoms with Crippen molar-refractivity contribution in [2.45, 2.75) is 0 Å². The third-order valence-electron chi connectivity index (χ3n) is 4.06. The number of carbonyl (C=O) groups excluding carboxylic acids is 1. The molecule has 2 heterocycles. The zero-order chi connectivity index (χ0) is 17.1. The van der Waals surface area contributed by atoms with Crippen molar-refractivity contribution in [3.63, 3.8) is 0 Å². The molecular weight excluding hydrogens is 347 g/mol. The van der Waals surface area contributed by atoms with E-state index < -0.39 is 0 Å². The van der Waals surface area contributed by atoms with Crippen molar-refractivity contribution in [1.29, 1.82) is 0 Å². The minimum atomic E-state index is -0.284. The molecule has 1 aliphatic heterocycles. The standard InChI is InChI=1S/C17H18Cl2N4O/c1-22-5-7-23(8-6-22)13-9-12(10-20-11-13)17(24)21-16-14(18)3-2-4-15(16)19/h2-4,9-11H,5-8H2,1H3,(H,21,24). The minimum absolute atomic E-state index is 0.284. The lowest BCUT2D eigenvalue weighted by atomic mass is 10.2. The Labute approximate surface area is 151 Å². The van der Waals surface area contributed by atoms with Gasteiger partial charge in [-0.3, -0.25) is 9.78 Å². The summed E-state index contributed by atoms with van der Waals surface area (Å²) in [6, 6.07) is 6.94. The largest absolute Gasteiger partial charge is 0.368 e. The Bertz CT molecular complexity index is 725. The molecule has 1 N–H and O–H groups in total. The lowest BCUT2D eigenvalue weighted by molar-refractivity contribution is 0.102. The van der Waals surface area contributed by atoms with E-state index in [2.05, 4.69) is 27.1 Å². The van der Waals surface area contributed by atoms with Gasteiger partial charge in [-0.1, -0.05) is 29.3 Å². The zero-order valence-corrected chi connectivity index (χ0v) is 14.8. The maximum absolute atomic E-state index is 12.5. The molecule has 1 amide bonds. The molecule has 1 aromatic heterocycles. The molecule has 1 aromatic carbocycles. The predicted molar refractivity (Wildman–Crippen MR) is 98.4 cm³/mol. The van der Waals surface area contributed by atoms with Crippen molar-refractivity contribution >= 4 is 40.5 Å². The van der Waals surface area contributed by atoms with Crippen LogP contribution in [0.2, 0.25) is 10.0 Å². The number of rotatable bonds is 3. The quantitative estimate of drug-likeness (QED) is 0.906. The molecule has 0 aliphatic carbocycles. The number of nitrogens with one attached hydrogen (secondary N) is 1. The molecule has 2 aromatic rings. The monoisotopic (exact) mass is 364 g/mol. The van der Waals surface area contributed by atoms with Crippen molar-refractivity contribution < 1.29 is 4.79 Å². The van der Waals surface area contributed by atoms with Crippen LogP contribution in [0.15, 0.2) is 36.7 Å². The number of piperazine rings is 1. The fraction of sp³-hybridized carbons (Fsp3) is 0.294. The van der Waals surface area contributed by atoms with E-state index in [0.29, 0.717) is 21.3 Å². The number of carbonyl (C=O) groups is 1. The van der Waals surface area contributed by atoms with Crippen molar-refractivity contribution in [2.24, 2.45) is 0 Å². The third kappa shape index (κ3) is 3.80. The van der Waals surface area contributed by atoms with Crippen LogP contribution in [0.25, 0.3) is 0 Å². The van der Waals surface area contributed by atoms with Crippen LogP contribution in [0.5, 0.6) is 0 Å². The van der Waals surface area contributed by atoms with Gasteiger partial charge in [0.15, 0.2) is 0 Å². The second-order valence-corrected chi connectivity index (χ2v) is 6.59. The van der Waals surface area contributed by atoms with Gasteiger partial charge in [0, 0.05) is 32.4 Å². The van der Waals surface area contributed by atoms with Crippen LogP contribution in [-0.4, -0.2) is 49.0 Å². The van der Waals surface area contributed by atoms with Crippen LogP contribution >= 0.6 is 23.2 Å². The third-order valence-corrected chi connectivity index (χ3v) is 4.69. The van der Waals surface area contributed by atoms with Crippen LogP contribution < -0.4 is 10.2 Å². The Hall–Kier alpha value is -1.82. The number of benzene rings is 1. The van der Waals surface area contributed by atoms with Crippen LogP contribution in [0.1, 0.15) is 10.4 Å². The maximum Gasteiger partial charge on any atom is 0.257 e. The molecule has 0 radical (unpaired) electrons. The lowest BCUT2D eigenvalue weighted by Gasteiger charge is -2.33. The van der Waals surface area contributed by atoms with Gasteiger partial charge in [-0.15, -0.1) is 0 Å². The van der Waals surface area contributed by atoms with E-state index in [9.17, 15) is 4.79 Å². The molecule has 1 saturated heterocycles. The second kappa shape index (κ2) is 7.38. The summed E-state index contributed by atoms with van der Waals surface area (Å²) in [5.74, 6) is -0.284. The number of anilines is 2. The van der Waals surface area contributed by atoms with Gasteiger partial charge >= 0.3 is 0 Å². The van der Waals surface area contributed by atoms with E-state index >= 15 is 0 Å². The Kier molecular flexibility index (Phi) is 5.23. The lowest BCUT2D eigenvalue weighted by Crippen LogP contribution is -2.44. The average molecular weight is 365 g/mol. The summed E-state index contributed by atoms with van der Waals surface area (Å²) in [5, 5.41) is 3.57. The number of hydrogen-bond acceptors (Lipinski definition) is 4. The first-order chi connectivity index (χ1) is 11.5. The van der Waals surface area contributed by atoms with Crippen molar-refractivity contribution in [3.05, 3.63) is 52.3 Å². The summed E-state index contributed by atoms with van der Waals surface area (Å²) in [5.41, 5.74) is 1.83. The molecule has 1 fully saturated rings. The number of amides is 1. The number of likely N-dealkylation sites (N-methyl/N-ethyl adjacent to an activating group) is 1. The van der Waals surface area contributed by atoms with E-state index in [-0.39, 0.29) is 5.91 Å². The number of hydrogen-bond donors (Lipinski definition) is 1. The van der Waals surface area contributed by atoms with Gasteiger partial charge in [0.25, 0.3) is 5.91 Å². The number of aromatic nitrogens is 1. The minimum Gasteiger partial charge on any atom is -0.368 e. The van der Waals surface area contributed by atoms with Gasteiger partial charge in [-0.25, -0.2) is 0 Å². The van der Waals surface area contributed by atoms with Crippen molar-refractivity contribution in [2.75, 3.05) is 43.4 Å². The Balaban J connectivity index is 1.77. The fourth-order valence-electron chi connectivity index (χ4n) is 2.59. The topological polar surface area (TPSA) is 48.5 Å². The Morgan fingerprint density at radius 1 is 1.12 bits per heavy atom. The summed E-state index contributed by atoms with van der Waals surface area (Å²) >= 11 is 12.2. The van der Waals surface area contributed by atoms with E-state index in [1.807, 2.05) is 6.07 Å². The van der Waals surface area contributed by atoms with Crippen LogP contribution in [0.3, 0.4) is 0 Å². The zero-order valence-electron chi connectivity index (χ0n) is 13.3. The number of halogens is 2. The molecule has 1 aliphatic rings. The molecule has 0 unspecified atom stereocenters. The molecule has 0 spiro atoms. The van der Waals surface area contributed by atoms with Gasteiger partial charge in [-0.2, -0.15) is 0 Å². The molecule has 24 heavy (non-hydrogen) atoms. The van der Waals surface area contributed by atoms with Gasteiger partial charge in [-0.05, 0) is 25.2 Å². The predicted octanol–water partition coefficient (Wildman–Crippen LogP) is 3.39. The number of para-hydroxylation sites is 1. The van der Waals surface area contributed by atoms with Crippen LogP contribution in [-0.2, 0) is 0 Å². The molecule has 7 heteroatoms. The van der Waals surface area contributed by atoms with E-state index in [4.69, 9.17) is 23.2 Å². The second-order valence-electron chi connectivity index (χ2n) is 5.77. The highest BCUT2D eigenvalue weighted by Gasteiger charge is 2.17. The highest BCUT2D eigenvalue weighted by molar-refractivity contribution is 6.40. The number of nitrogens with zero attached hydrogens (tertiary/aromatic N) is 3. The SMILES string of the molecule is CN1CCN(c2cncc(C(=O)Nc3c(Cl)cccc3Cl)c2)CC1. The summed E-state index contributed by atoms with van der Waals surface area (Å²) < 4.78 is 0. The van der Waals surface area contributed by atoms with Crippen LogP contribution in [0, 0.1) is 0 Å². The molecule has 5 nitrogen and oxygen atoms in total. The van der Waals surface area contributed by atoms with Crippen LogP contribution in [0.4, 0.5) is 11.4 Å². The average Bonchev–Trinajstić information content (AvgIpc) is 2.59. The van der Waals surface area contributed by atoms with E-state index in [1.165, 1.54) is 0 Å². The van der Waals surface area contributed by atoms with Crippen molar-refractivity contribution in [3.8, 4) is 0 Å². The Morgan fingerprint density at radius 2 is 1.79 bits per heavy atom. The first-order valence-electron chi connectivity index (χ1n) is 7.68. The smallest absolute Gasteiger partial charge is 0.257 e. The molecule has 126 valence electrons. The Morgan fingerprint density at radius 3 is 2.46 bits per heavy atom. The summed E-state index contributed by atoms with van der Waals surface area (Å²) in [4.78, 5) is 21.2. The molecule has 0 atom stereocenters. The maximum atomic E-state index is 12.5. The van der Waals surface area contributed by atoms with Gasteiger partial charge in [0.2, 0.25) is 0 Å². The van der Waals surface area contributed by atoms with E-state index in [1.54, 1.807) is 30.6 Å². The summed E-state index contributed by atoms with van der Waals surface area (Å²) in [7, 11) is 2.10. The molecular formula is C17H18Cl2N4O. The normalized spacial score (nSPS) is 15.4. The van der Waals surface area contributed by atoms with Crippen molar-refractivity contribution in [1.82, 2.24) is 9.88 Å². The summed E-state index contributed by atoms with van der Waals surface area (Å²) in [6.45, 7) is 3.82. The van der Waals surface area contributed by atoms with Gasteiger partial charge in [0.1, 0.15) is 0 Å². The summed E-state index contributed by atoms with van der Waals surface area (Å²) in [6.07, 6.45) is 3.32. The molecule has 0 saturated carbocycles. The first kappa shape index (κ1) is 17.0. The van der Waals surface area contributed by atoms with E-state index in [0.717, 1.165) is 31.9 Å².